The molecule has 0 atom stereocenters. The lowest BCUT2D eigenvalue weighted by atomic mass is 10.3. The van der Waals surface area contributed by atoms with E-state index in [1.165, 1.54) is 14.2 Å². The number of urea groups is 1. The fourth-order valence-corrected chi connectivity index (χ4v) is 0.794. The maximum atomic E-state index is 10.3. The Bertz CT molecular complexity index is 189. The Kier molecular flexibility index (Phi) is 5.82. The van der Waals surface area contributed by atoms with Crippen molar-refractivity contribution in [2.45, 2.75) is 19.6 Å². The van der Waals surface area contributed by atoms with E-state index >= 15 is 0 Å². The molecule has 0 aromatic heterocycles. The normalized spacial score (nSPS) is 11.8. The molecule has 0 saturated heterocycles. The molecule has 0 radical (unpaired) electrons. The van der Waals surface area contributed by atoms with Gasteiger partial charge in [0, 0.05) is 14.2 Å². The lowest BCUT2D eigenvalue weighted by molar-refractivity contribution is -0.0532. The lowest BCUT2D eigenvalue weighted by Crippen LogP contribution is -2.31. The van der Waals surface area contributed by atoms with Gasteiger partial charge in [-0.15, -0.1) is 0 Å². The number of nitrogens with zero attached hydrogens (tertiary/aromatic N) is 1. The molecule has 76 valence electrons. The summed E-state index contributed by atoms with van der Waals surface area (Å²) in [6, 6.07) is -0.711. The molecule has 0 bridgehead atoms. The van der Waals surface area contributed by atoms with E-state index < -0.39 is 12.3 Å². The summed E-state index contributed by atoms with van der Waals surface area (Å²) in [6.07, 6.45) is 0.0592. The zero-order valence-electron chi connectivity index (χ0n) is 8.03. The Balaban J connectivity index is 4.28. The Morgan fingerprint density at radius 1 is 1.54 bits per heavy atom. The van der Waals surface area contributed by atoms with E-state index in [-0.39, 0.29) is 0 Å². The SMILES string of the molecule is CC/C(=N/NC(N)=O)C(OC)OC. The average Bonchev–Trinajstić information content (AvgIpc) is 2.11. The van der Waals surface area contributed by atoms with E-state index in [0.29, 0.717) is 12.1 Å². The number of hydrogen-bond acceptors (Lipinski definition) is 4. The quantitative estimate of drug-likeness (QED) is 0.363. The van der Waals surface area contributed by atoms with Gasteiger partial charge in [-0.1, -0.05) is 6.92 Å². The maximum Gasteiger partial charge on any atom is 0.332 e. The smallest absolute Gasteiger partial charge is 0.332 e. The summed E-state index contributed by atoms with van der Waals surface area (Å²) in [6.45, 7) is 1.87. The van der Waals surface area contributed by atoms with Gasteiger partial charge >= 0.3 is 6.03 Å². The number of carbonyl (C=O) groups excluding carboxylic acids is 1. The topological polar surface area (TPSA) is 85.9 Å². The number of ether oxygens (including phenoxy) is 2. The Morgan fingerprint density at radius 2 is 2.08 bits per heavy atom. The first-order valence-electron chi connectivity index (χ1n) is 3.83. The summed E-state index contributed by atoms with van der Waals surface area (Å²) in [7, 11) is 2.98. The predicted molar refractivity (Wildman–Crippen MR) is 48.3 cm³/mol. The molecule has 0 saturated carbocycles. The highest BCUT2D eigenvalue weighted by atomic mass is 16.7. The molecule has 0 aliphatic heterocycles. The Hall–Kier alpha value is -1.14. The highest BCUT2D eigenvalue weighted by Crippen LogP contribution is 1.98. The van der Waals surface area contributed by atoms with Crippen molar-refractivity contribution in [1.29, 1.82) is 0 Å². The molecule has 2 amide bonds. The van der Waals surface area contributed by atoms with E-state index in [1.54, 1.807) is 0 Å². The zero-order chi connectivity index (χ0) is 10.3. The van der Waals surface area contributed by atoms with Crippen molar-refractivity contribution in [3.63, 3.8) is 0 Å². The minimum atomic E-state index is -0.711. The largest absolute Gasteiger partial charge is 0.351 e. The number of primary amides is 1. The van der Waals surface area contributed by atoms with Crippen LogP contribution in [0.15, 0.2) is 5.10 Å². The third-order valence-electron chi connectivity index (χ3n) is 1.37. The second kappa shape index (κ2) is 6.38. The number of nitrogens with one attached hydrogen (secondary N) is 1. The van der Waals surface area contributed by atoms with Gasteiger partial charge in [0.15, 0.2) is 6.29 Å². The molecule has 0 unspecified atom stereocenters. The molecule has 0 heterocycles. The molecule has 6 nitrogen and oxygen atoms in total. The first kappa shape index (κ1) is 11.9. The highest BCUT2D eigenvalue weighted by Gasteiger charge is 2.12. The zero-order valence-corrected chi connectivity index (χ0v) is 8.03. The molecule has 0 spiro atoms. The van der Waals surface area contributed by atoms with Crippen molar-refractivity contribution in [3.8, 4) is 0 Å². The van der Waals surface area contributed by atoms with Crippen molar-refractivity contribution in [2.75, 3.05) is 14.2 Å². The predicted octanol–water partition coefficient (Wildman–Crippen LogP) is 0.0396. The Morgan fingerprint density at radius 3 is 2.38 bits per heavy atom. The number of carbonyl (C=O) groups is 1. The van der Waals surface area contributed by atoms with Gasteiger partial charge in [-0.2, -0.15) is 5.10 Å². The second-order valence-corrected chi connectivity index (χ2v) is 2.24. The van der Waals surface area contributed by atoms with Gasteiger partial charge in [-0.3, -0.25) is 0 Å². The van der Waals surface area contributed by atoms with Crippen LogP contribution in [0.2, 0.25) is 0 Å². The van der Waals surface area contributed by atoms with E-state index in [0.717, 1.165) is 0 Å². The van der Waals surface area contributed by atoms with Crippen LogP contribution in [0, 0.1) is 0 Å². The van der Waals surface area contributed by atoms with Gasteiger partial charge in [0.1, 0.15) is 0 Å². The van der Waals surface area contributed by atoms with Gasteiger partial charge in [0.05, 0.1) is 5.71 Å². The summed E-state index contributed by atoms with van der Waals surface area (Å²) in [5, 5.41) is 3.73. The number of amides is 2. The monoisotopic (exact) mass is 189 g/mol. The average molecular weight is 189 g/mol. The van der Waals surface area contributed by atoms with Crippen molar-refractivity contribution in [1.82, 2.24) is 5.43 Å². The minimum Gasteiger partial charge on any atom is -0.351 e. The number of nitrogens with two attached hydrogens (primary N) is 1. The fourth-order valence-electron chi connectivity index (χ4n) is 0.794. The molecule has 6 heteroatoms. The van der Waals surface area contributed by atoms with Crippen LogP contribution in [0.1, 0.15) is 13.3 Å². The molecule has 0 fully saturated rings. The molecule has 0 aromatic rings. The highest BCUT2D eigenvalue weighted by molar-refractivity contribution is 5.88. The third kappa shape index (κ3) is 4.44. The third-order valence-corrected chi connectivity index (χ3v) is 1.37. The summed E-state index contributed by atoms with van der Waals surface area (Å²) in [5.74, 6) is 0. The van der Waals surface area contributed by atoms with Crippen LogP contribution in [-0.2, 0) is 9.47 Å². The molecule has 0 aromatic carbocycles. The van der Waals surface area contributed by atoms with Crippen LogP contribution < -0.4 is 11.2 Å². The second-order valence-electron chi connectivity index (χ2n) is 2.24. The van der Waals surface area contributed by atoms with E-state index in [9.17, 15) is 4.79 Å². The van der Waals surface area contributed by atoms with Crippen molar-refractivity contribution >= 4 is 11.7 Å². The van der Waals surface area contributed by atoms with Crippen molar-refractivity contribution in [3.05, 3.63) is 0 Å². The summed E-state index contributed by atoms with van der Waals surface area (Å²) in [4.78, 5) is 10.3. The number of hydrazone groups is 1. The van der Waals surface area contributed by atoms with Crippen LogP contribution >= 0.6 is 0 Å². The standard InChI is InChI=1S/C7H15N3O3/c1-4-5(6(12-2)13-3)9-10-7(8)11/h6H,4H2,1-3H3,(H3,8,10,11)/b9-5-. The van der Waals surface area contributed by atoms with Crippen LogP contribution in [0.4, 0.5) is 4.79 Å². The van der Waals surface area contributed by atoms with Crippen LogP contribution in [-0.4, -0.2) is 32.3 Å². The number of rotatable bonds is 5. The van der Waals surface area contributed by atoms with Gasteiger partial charge < -0.3 is 15.2 Å². The first-order chi connectivity index (χ1) is 6.15. The van der Waals surface area contributed by atoms with Crippen molar-refractivity contribution in [2.24, 2.45) is 10.8 Å². The lowest BCUT2D eigenvalue weighted by Gasteiger charge is -2.14. The van der Waals surface area contributed by atoms with Crippen LogP contribution in [0.3, 0.4) is 0 Å². The molecule has 0 rings (SSSR count). The van der Waals surface area contributed by atoms with Crippen LogP contribution in [0.5, 0.6) is 0 Å². The van der Waals surface area contributed by atoms with Crippen LogP contribution in [0.25, 0.3) is 0 Å². The van der Waals surface area contributed by atoms with Gasteiger partial charge in [-0.25, -0.2) is 10.2 Å². The molecule has 13 heavy (non-hydrogen) atoms. The Labute approximate surface area is 77.1 Å². The van der Waals surface area contributed by atoms with Crippen molar-refractivity contribution < 1.29 is 14.3 Å². The van der Waals surface area contributed by atoms with E-state index in [2.05, 4.69) is 10.5 Å². The van der Waals surface area contributed by atoms with Gasteiger partial charge in [0.2, 0.25) is 0 Å². The molecule has 0 aliphatic rings. The van der Waals surface area contributed by atoms with E-state index in [1.807, 2.05) is 6.92 Å². The number of hydrogen-bond donors (Lipinski definition) is 2. The fraction of sp³-hybridized carbons (Fsp3) is 0.714. The molecular weight excluding hydrogens is 174 g/mol. The molecule has 0 aliphatic carbocycles. The molecule has 3 N–H and O–H groups in total. The van der Waals surface area contributed by atoms with Gasteiger partial charge in [-0.05, 0) is 6.42 Å². The summed E-state index contributed by atoms with van der Waals surface area (Å²) >= 11 is 0. The number of methoxy groups -OCH3 is 2. The maximum absolute atomic E-state index is 10.3. The minimum absolute atomic E-state index is 0.545. The summed E-state index contributed by atoms with van der Waals surface area (Å²) < 4.78 is 9.88. The van der Waals surface area contributed by atoms with Gasteiger partial charge in [0.25, 0.3) is 0 Å². The first-order valence-corrected chi connectivity index (χ1v) is 3.83. The van der Waals surface area contributed by atoms with E-state index in [4.69, 9.17) is 15.2 Å². The summed E-state index contributed by atoms with van der Waals surface area (Å²) in [5.41, 5.74) is 7.53. The molecular formula is C7H15N3O3.